The monoisotopic (exact) mass is 375 g/mol. The fourth-order valence-corrected chi connectivity index (χ4v) is 2.71. The predicted molar refractivity (Wildman–Crippen MR) is 108 cm³/mol. The van der Waals surface area contributed by atoms with Crippen LogP contribution in [0.15, 0.2) is 91.0 Å². The molecule has 3 rings (SSSR count). The smallest absolute Gasteiger partial charge is 0.261 e. The first kappa shape index (κ1) is 18.6. The number of benzene rings is 3. The van der Waals surface area contributed by atoms with Crippen molar-refractivity contribution in [2.75, 3.05) is 0 Å². The van der Waals surface area contributed by atoms with Crippen LogP contribution in [-0.2, 0) is 11.3 Å². The molecule has 0 fully saturated rings. The van der Waals surface area contributed by atoms with Crippen molar-refractivity contribution in [3.8, 4) is 0 Å². The van der Waals surface area contributed by atoms with Crippen molar-refractivity contribution >= 4 is 29.5 Å². The number of imide groups is 1. The number of amides is 2. The molecule has 0 N–H and O–H groups in total. The zero-order valence-corrected chi connectivity index (χ0v) is 15.3. The van der Waals surface area contributed by atoms with Crippen molar-refractivity contribution in [1.29, 1.82) is 0 Å². The van der Waals surface area contributed by atoms with Gasteiger partial charge in [0.15, 0.2) is 0 Å². The van der Waals surface area contributed by atoms with Crippen LogP contribution in [0.25, 0.3) is 6.08 Å². The third-order valence-corrected chi connectivity index (χ3v) is 4.26. The van der Waals surface area contributed by atoms with E-state index in [1.54, 1.807) is 30.3 Å². The van der Waals surface area contributed by atoms with Gasteiger partial charge in [-0.3, -0.25) is 14.5 Å². The van der Waals surface area contributed by atoms with E-state index in [1.807, 2.05) is 60.7 Å². The van der Waals surface area contributed by atoms with Gasteiger partial charge in [0.05, 0.1) is 6.54 Å². The van der Waals surface area contributed by atoms with Crippen molar-refractivity contribution in [3.05, 3.63) is 113 Å². The number of halogens is 1. The van der Waals surface area contributed by atoms with Gasteiger partial charge in [-0.2, -0.15) is 0 Å². The Kier molecular flexibility index (Phi) is 6.18. The number of nitrogens with zero attached hydrogens (tertiary/aromatic N) is 1. The molecule has 0 spiro atoms. The molecule has 0 bridgehead atoms. The average molecular weight is 376 g/mol. The summed E-state index contributed by atoms with van der Waals surface area (Å²) in [6.45, 7) is 0.195. The van der Waals surface area contributed by atoms with Gasteiger partial charge in [0.2, 0.25) is 0 Å². The van der Waals surface area contributed by atoms with Crippen LogP contribution in [0.4, 0.5) is 0 Å². The molecule has 4 heteroatoms. The Morgan fingerprint density at radius 1 is 0.815 bits per heavy atom. The maximum absolute atomic E-state index is 12.9. The number of rotatable bonds is 5. The minimum absolute atomic E-state index is 0.195. The van der Waals surface area contributed by atoms with Crippen LogP contribution in [0.1, 0.15) is 21.5 Å². The van der Waals surface area contributed by atoms with Gasteiger partial charge >= 0.3 is 0 Å². The molecule has 0 heterocycles. The molecule has 134 valence electrons. The van der Waals surface area contributed by atoms with Gasteiger partial charge in [-0.1, -0.05) is 72.3 Å². The predicted octanol–water partition coefficient (Wildman–Crippen LogP) is 5.22. The Bertz CT molecular complexity index is 935. The van der Waals surface area contributed by atoms with E-state index in [0.717, 1.165) is 11.1 Å². The minimum atomic E-state index is -0.373. The summed E-state index contributed by atoms with van der Waals surface area (Å²) in [5.74, 6) is -0.735. The van der Waals surface area contributed by atoms with E-state index < -0.39 is 0 Å². The molecule has 3 aromatic rings. The molecular formula is C23H18ClNO2. The largest absolute Gasteiger partial charge is 0.270 e. The SMILES string of the molecule is O=C(/C=C/c1ccccc1)N(Cc1ccccc1)C(=O)c1ccc(Cl)cc1. The van der Waals surface area contributed by atoms with E-state index in [-0.39, 0.29) is 18.4 Å². The van der Waals surface area contributed by atoms with E-state index in [1.165, 1.54) is 11.0 Å². The summed E-state index contributed by atoms with van der Waals surface area (Å²) in [6.07, 6.45) is 3.13. The van der Waals surface area contributed by atoms with Crippen LogP contribution in [-0.4, -0.2) is 16.7 Å². The molecule has 27 heavy (non-hydrogen) atoms. The van der Waals surface area contributed by atoms with Gasteiger partial charge < -0.3 is 0 Å². The highest BCUT2D eigenvalue weighted by Crippen LogP contribution is 2.15. The highest BCUT2D eigenvalue weighted by molar-refractivity contribution is 6.30. The van der Waals surface area contributed by atoms with E-state index in [9.17, 15) is 9.59 Å². The molecule has 3 aromatic carbocycles. The molecule has 0 aliphatic rings. The molecule has 0 unspecified atom stereocenters. The lowest BCUT2D eigenvalue weighted by molar-refractivity contribution is -0.124. The molecule has 0 aromatic heterocycles. The first-order valence-electron chi connectivity index (χ1n) is 8.52. The van der Waals surface area contributed by atoms with Crippen LogP contribution < -0.4 is 0 Å². The van der Waals surface area contributed by atoms with E-state index >= 15 is 0 Å². The second kappa shape index (κ2) is 8.97. The topological polar surface area (TPSA) is 37.4 Å². The molecule has 0 radical (unpaired) electrons. The van der Waals surface area contributed by atoms with Gasteiger partial charge in [-0.05, 0) is 41.5 Å². The first-order valence-corrected chi connectivity index (χ1v) is 8.90. The van der Waals surface area contributed by atoms with Crippen molar-refractivity contribution in [2.45, 2.75) is 6.54 Å². The zero-order chi connectivity index (χ0) is 19.1. The van der Waals surface area contributed by atoms with Crippen molar-refractivity contribution in [2.24, 2.45) is 0 Å². The summed E-state index contributed by atoms with van der Waals surface area (Å²) in [7, 11) is 0. The van der Waals surface area contributed by atoms with Gasteiger partial charge in [0, 0.05) is 16.7 Å². The fraction of sp³-hybridized carbons (Fsp3) is 0.0435. The van der Waals surface area contributed by atoms with Crippen molar-refractivity contribution in [3.63, 3.8) is 0 Å². The molecular weight excluding hydrogens is 358 g/mol. The molecule has 2 amide bonds. The Balaban J connectivity index is 1.86. The molecule has 0 aliphatic heterocycles. The maximum atomic E-state index is 12.9. The van der Waals surface area contributed by atoms with E-state index in [2.05, 4.69) is 0 Å². The second-order valence-electron chi connectivity index (χ2n) is 5.97. The van der Waals surface area contributed by atoms with Gasteiger partial charge in [-0.15, -0.1) is 0 Å². The van der Waals surface area contributed by atoms with Crippen LogP contribution >= 0.6 is 11.6 Å². The Hall–Kier alpha value is -3.17. The van der Waals surface area contributed by atoms with Crippen LogP contribution in [0.3, 0.4) is 0 Å². The zero-order valence-electron chi connectivity index (χ0n) is 14.6. The molecule has 0 atom stereocenters. The summed E-state index contributed by atoms with van der Waals surface area (Å²) in [4.78, 5) is 27.0. The van der Waals surface area contributed by atoms with Gasteiger partial charge in [0.1, 0.15) is 0 Å². The summed E-state index contributed by atoms with van der Waals surface area (Å²) in [6, 6.07) is 25.4. The van der Waals surface area contributed by atoms with Crippen molar-refractivity contribution < 1.29 is 9.59 Å². The Morgan fingerprint density at radius 2 is 1.41 bits per heavy atom. The first-order chi connectivity index (χ1) is 13.1. The summed E-state index contributed by atoms with van der Waals surface area (Å²) >= 11 is 5.90. The average Bonchev–Trinajstić information content (AvgIpc) is 2.72. The minimum Gasteiger partial charge on any atom is -0.270 e. The lowest BCUT2D eigenvalue weighted by atomic mass is 10.1. The molecule has 0 aliphatic carbocycles. The van der Waals surface area contributed by atoms with E-state index in [0.29, 0.717) is 10.6 Å². The lowest BCUT2D eigenvalue weighted by Gasteiger charge is -2.20. The number of carbonyl (C=O) groups excluding carboxylic acids is 2. The highest BCUT2D eigenvalue weighted by Gasteiger charge is 2.21. The fourth-order valence-electron chi connectivity index (χ4n) is 2.59. The van der Waals surface area contributed by atoms with Gasteiger partial charge in [-0.25, -0.2) is 0 Å². The maximum Gasteiger partial charge on any atom is 0.261 e. The molecule has 0 saturated carbocycles. The van der Waals surface area contributed by atoms with E-state index in [4.69, 9.17) is 11.6 Å². The normalized spacial score (nSPS) is 10.7. The van der Waals surface area contributed by atoms with Crippen LogP contribution in [0, 0.1) is 0 Å². The summed E-state index contributed by atoms with van der Waals surface area (Å²) in [5.41, 5.74) is 2.18. The molecule has 3 nitrogen and oxygen atoms in total. The second-order valence-corrected chi connectivity index (χ2v) is 6.40. The summed E-state index contributed by atoms with van der Waals surface area (Å²) in [5, 5.41) is 0.538. The van der Waals surface area contributed by atoms with Crippen LogP contribution in [0.2, 0.25) is 5.02 Å². The number of hydrogen-bond acceptors (Lipinski definition) is 2. The highest BCUT2D eigenvalue weighted by atomic mass is 35.5. The molecule has 0 saturated heterocycles. The Morgan fingerprint density at radius 3 is 2.04 bits per heavy atom. The summed E-state index contributed by atoms with van der Waals surface area (Å²) < 4.78 is 0. The quantitative estimate of drug-likeness (QED) is 0.573. The van der Waals surface area contributed by atoms with Crippen LogP contribution in [0.5, 0.6) is 0 Å². The van der Waals surface area contributed by atoms with Crippen molar-refractivity contribution in [1.82, 2.24) is 4.90 Å². The third kappa shape index (κ3) is 5.16. The number of carbonyl (C=O) groups is 2. The third-order valence-electron chi connectivity index (χ3n) is 4.00. The standard InChI is InChI=1S/C23H18ClNO2/c24-21-14-12-20(13-15-21)23(27)25(17-19-9-5-2-6-10-19)22(26)16-11-18-7-3-1-4-8-18/h1-16H,17H2/b16-11+. The van der Waals surface area contributed by atoms with Gasteiger partial charge in [0.25, 0.3) is 11.8 Å². The lowest BCUT2D eigenvalue weighted by Crippen LogP contribution is -2.35. The Labute approximate surface area is 163 Å². The number of hydrogen-bond donors (Lipinski definition) is 0.